The van der Waals surface area contributed by atoms with Crippen molar-refractivity contribution in [3.05, 3.63) is 52.6 Å². The second-order valence-corrected chi connectivity index (χ2v) is 7.63. The summed E-state index contributed by atoms with van der Waals surface area (Å²) >= 11 is 6.70. The van der Waals surface area contributed by atoms with Crippen LogP contribution < -0.4 is 9.47 Å². The molecule has 2 heterocycles. The van der Waals surface area contributed by atoms with E-state index in [-0.39, 0.29) is 24.9 Å². The van der Waals surface area contributed by atoms with E-state index in [4.69, 9.17) is 31.2 Å². The molecule has 0 aromatic heterocycles. The molecule has 4 rings (SSSR count). The molecular formula is C19H17NO5S2. The van der Waals surface area contributed by atoms with Crippen LogP contribution in [0.4, 0.5) is 0 Å². The van der Waals surface area contributed by atoms with Gasteiger partial charge >= 0.3 is 0 Å². The summed E-state index contributed by atoms with van der Waals surface area (Å²) in [7, 11) is 3.17. The van der Waals surface area contributed by atoms with Crippen LogP contribution in [0.5, 0.6) is 11.5 Å². The van der Waals surface area contributed by atoms with Gasteiger partial charge in [0.05, 0.1) is 19.1 Å². The van der Waals surface area contributed by atoms with E-state index < -0.39 is 0 Å². The molecule has 8 heteroatoms. The third-order valence-corrected chi connectivity index (χ3v) is 5.72. The number of methoxy groups -OCH3 is 2. The lowest BCUT2D eigenvalue weighted by atomic mass is 10.1. The zero-order chi connectivity index (χ0) is 19.0. The highest BCUT2D eigenvalue weighted by Crippen LogP contribution is 2.38. The Morgan fingerprint density at radius 3 is 2.85 bits per heavy atom. The molecule has 27 heavy (non-hydrogen) atoms. The summed E-state index contributed by atoms with van der Waals surface area (Å²) in [6.07, 6.45) is 7.09. The normalized spacial score (nSPS) is 25.8. The van der Waals surface area contributed by atoms with Crippen LogP contribution >= 0.6 is 24.0 Å². The van der Waals surface area contributed by atoms with Crippen molar-refractivity contribution in [2.75, 3.05) is 21.0 Å². The standard InChI is InChI=1S/C19H17NO5S2/c1-22-13-5-3-11(15(9-13)23-2)7-17-18(21)20(19(26)27-17)12-4-6-14-16(8-12)25-10-24-14/h3-9,14,16H,10H2,1-2H3/b17-7-/t14-,16-/m1/s1. The number of allylic oxidation sites excluding steroid dienone is 1. The number of hydrogen-bond acceptors (Lipinski definition) is 7. The fraction of sp³-hybridized carbons (Fsp3) is 0.263. The summed E-state index contributed by atoms with van der Waals surface area (Å²) in [6, 6.07) is 5.44. The average molecular weight is 403 g/mol. The highest BCUT2D eigenvalue weighted by Gasteiger charge is 2.37. The van der Waals surface area contributed by atoms with Crippen LogP contribution in [-0.4, -0.2) is 48.3 Å². The molecule has 3 aliphatic rings. The number of benzene rings is 1. The van der Waals surface area contributed by atoms with E-state index in [0.717, 1.165) is 5.56 Å². The lowest BCUT2D eigenvalue weighted by Gasteiger charge is -2.22. The third-order valence-electron chi connectivity index (χ3n) is 4.42. The van der Waals surface area contributed by atoms with Crippen molar-refractivity contribution in [1.29, 1.82) is 0 Å². The molecule has 2 atom stereocenters. The summed E-state index contributed by atoms with van der Waals surface area (Å²) in [6.45, 7) is 0.249. The van der Waals surface area contributed by atoms with Gasteiger partial charge in [-0.2, -0.15) is 0 Å². The first-order valence-corrected chi connectivity index (χ1v) is 9.46. The molecule has 1 aromatic carbocycles. The Hall–Kier alpha value is -2.13. The van der Waals surface area contributed by atoms with E-state index in [2.05, 4.69) is 0 Å². The van der Waals surface area contributed by atoms with Crippen LogP contribution in [0.2, 0.25) is 0 Å². The molecule has 2 fully saturated rings. The maximum absolute atomic E-state index is 13.0. The highest BCUT2D eigenvalue weighted by molar-refractivity contribution is 8.26. The van der Waals surface area contributed by atoms with Crippen molar-refractivity contribution >= 4 is 40.3 Å². The molecule has 1 amide bonds. The number of fused-ring (bicyclic) bond motifs is 1. The monoisotopic (exact) mass is 403 g/mol. The SMILES string of the molecule is COc1ccc(/C=C2\SC(=S)N(C3=C[C@H]4OCO[C@@H]4C=C3)C2=O)c(OC)c1. The minimum atomic E-state index is -0.194. The van der Waals surface area contributed by atoms with Crippen molar-refractivity contribution < 1.29 is 23.7 Å². The number of thiocarbonyl (C=S) groups is 1. The van der Waals surface area contributed by atoms with Gasteiger partial charge in [0.25, 0.3) is 5.91 Å². The smallest absolute Gasteiger partial charge is 0.270 e. The van der Waals surface area contributed by atoms with Crippen molar-refractivity contribution in [3.63, 3.8) is 0 Å². The molecular weight excluding hydrogens is 386 g/mol. The number of carbonyl (C=O) groups is 1. The largest absolute Gasteiger partial charge is 0.497 e. The Balaban J connectivity index is 1.62. The van der Waals surface area contributed by atoms with E-state index in [1.807, 2.05) is 30.4 Å². The molecule has 0 spiro atoms. The molecule has 1 aromatic rings. The van der Waals surface area contributed by atoms with Gasteiger partial charge in [0, 0.05) is 17.3 Å². The molecule has 0 N–H and O–H groups in total. The van der Waals surface area contributed by atoms with Gasteiger partial charge in [-0.25, -0.2) is 0 Å². The Bertz CT molecular complexity index is 892. The molecule has 6 nitrogen and oxygen atoms in total. The number of nitrogens with zero attached hydrogens (tertiary/aromatic N) is 1. The molecule has 1 aliphatic carbocycles. The lowest BCUT2D eigenvalue weighted by Crippen LogP contribution is -2.31. The molecule has 0 unspecified atom stereocenters. The van der Waals surface area contributed by atoms with Crippen LogP contribution in [0.1, 0.15) is 5.56 Å². The van der Waals surface area contributed by atoms with Crippen molar-refractivity contribution in [3.8, 4) is 11.5 Å². The maximum Gasteiger partial charge on any atom is 0.270 e. The maximum atomic E-state index is 13.0. The highest BCUT2D eigenvalue weighted by atomic mass is 32.2. The fourth-order valence-electron chi connectivity index (χ4n) is 3.03. The number of ether oxygens (including phenoxy) is 4. The summed E-state index contributed by atoms with van der Waals surface area (Å²) in [5, 5.41) is 0. The number of hydrogen-bond donors (Lipinski definition) is 0. The van der Waals surface area contributed by atoms with E-state index in [0.29, 0.717) is 26.4 Å². The van der Waals surface area contributed by atoms with Gasteiger partial charge in [0.2, 0.25) is 0 Å². The van der Waals surface area contributed by atoms with Gasteiger partial charge < -0.3 is 18.9 Å². The zero-order valence-electron chi connectivity index (χ0n) is 14.7. The average Bonchev–Trinajstić information content (AvgIpc) is 3.25. The number of amides is 1. The van der Waals surface area contributed by atoms with E-state index in [9.17, 15) is 4.79 Å². The van der Waals surface area contributed by atoms with Gasteiger partial charge in [-0.1, -0.05) is 30.1 Å². The van der Waals surface area contributed by atoms with Crippen LogP contribution in [0, 0.1) is 0 Å². The van der Waals surface area contributed by atoms with Crippen molar-refractivity contribution in [2.24, 2.45) is 0 Å². The third kappa shape index (κ3) is 3.41. The number of thioether (sulfide) groups is 1. The van der Waals surface area contributed by atoms with Crippen molar-refractivity contribution in [2.45, 2.75) is 12.2 Å². The van der Waals surface area contributed by atoms with Gasteiger partial charge in [0.1, 0.15) is 30.5 Å². The van der Waals surface area contributed by atoms with Gasteiger partial charge in [-0.15, -0.1) is 0 Å². The Morgan fingerprint density at radius 1 is 1.26 bits per heavy atom. The van der Waals surface area contributed by atoms with E-state index >= 15 is 0 Å². The van der Waals surface area contributed by atoms with E-state index in [1.54, 1.807) is 26.4 Å². The van der Waals surface area contributed by atoms with Crippen LogP contribution in [0.15, 0.2) is 47.0 Å². The van der Waals surface area contributed by atoms with Crippen LogP contribution in [0.25, 0.3) is 6.08 Å². The Kier molecular flexibility index (Phi) is 5.05. The second-order valence-electron chi connectivity index (χ2n) is 5.96. The zero-order valence-corrected chi connectivity index (χ0v) is 16.3. The number of carbonyl (C=O) groups excluding carboxylic acids is 1. The van der Waals surface area contributed by atoms with Crippen LogP contribution in [0.3, 0.4) is 0 Å². The minimum Gasteiger partial charge on any atom is -0.497 e. The summed E-state index contributed by atoms with van der Waals surface area (Å²) in [5.74, 6) is 1.13. The predicted octanol–water partition coefficient (Wildman–Crippen LogP) is 3.10. The quantitative estimate of drug-likeness (QED) is 0.566. The van der Waals surface area contributed by atoms with E-state index in [1.165, 1.54) is 16.7 Å². The molecule has 0 radical (unpaired) electrons. The van der Waals surface area contributed by atoms with Gasteiger partial charge in [0.15, 0.2) is 4.32 Å². The first-order chi connectivity index (χ1) is 13.1. The molecule has 0 bridgehead atoms. The van der Waals surface area contributed by atoms with Gasteiger partial charge in [-0.05, 0) is 30.4 Å². The van der Waals surface area contributed by atoms with Crippen molar-refractivity contribution in [1.82, 2.24) is 4.90 Å². The molecule has 0 saturated carbocycles. The summed E-state index contributed by atoms with van der Waals surface area (Å²) < 4.78 is 22.0. The fourth-order valence-corrected chi connectivity index (χ4v) is 4.32. The molecule has 2 aliphatic heterocycles. The topological polar surface area (TPSA) is 57.2 Å². The Morgan fingerprint density at radius 2 is 2.07 bits per heavy atom. The second kappa shape index (κ2) is 7.47. The lowest BCUT2D eigenvalue weighted by molar-refractivity contribution is -0.120. The minimum absolute atomic E-state index is 0.105. The Labute approximate surface area is 166 Å². The first kappa shape index (κ1) is 18.2. The van der Waals surface area contributed by atoms with Gasteiger partial charge in [-0.3, -0.25) is 9.69 Å². The molecule has 140 valence electrons. The first-order valence-electron chi connectivity index (χ1n) is 8.24. The predicted molar refractivity (Wildman–Crippen MR) is 106 cm³/mol. The van der Waals surface area contributed by atoms with Crippen LogP contribution in [-0.2, 0) is 14.3 Å². The summed E-state index contributed by atoms with van der Waals surface area (Å²) in [5.41, 5.74) is 1.48. The number of rotatable bonds is 4. The molecule has 2 saturated heterocycles. The summed E-state index contributed by atoms with van der Waals surface area (Å²) in [4.78, 5) is 15.0.